The molecule has 0 aliphatic carbocycles. The van der Waals surface area contributed by atoms with Gasteiger partial charge >= 0.3 is 0 Å². The maximum atomic E-state index is 9.86. The molecular weight excluding hydrogens is 178 g/mol. The number of nitrogens with one attached hydrogen (secondary N) is 1. The molecule has 1 heterocycles. The second-order valence-electron chi connectivity index (χ2n) is 3.74. The first-order valence-corrected chi connectivity index (χ1v) is 4.83. The highest BCUT2D eigenvalue weighted by Gasteiger charge is 2.19. The predicted octanol–water partition coefficient (Wildman–Crippen LogP) is 1.43. The Balaban J connectivity index is 2.43. The van der Waals surface area contributed by atoms with Crippen LogP contribution in [0.15, 0.2) is 12.1 Å². The van der Waals surface area contributed by atoms with Gasteiger partial charge in [0.05, 0.1) is 7.11 Å². The van der Waals surface area contributed by atoms with Gasteiger partial charge in [0.25, 0.3) is 0 Å². The van der Waals surface area contributed by atoms with Gasteiger partial charge in [0.2, 0.25) is 0 Å². The van der Waals surface area contributed by atoms with Gasteiger partial charge < -0.3 is 15.2 Å². The number of hydrogen-bond acceptors (Lipinski definition) is 3. The largest absolute Gasteiger partial charge is 0.504 e. The van der Waals surface area contributed by atoms with Crippen molar-refractivity contribution < 1.29 is 9.84 Å². The van der Waals surface area contributed by atoms with Gasteiger partial charge in [0.1, 0.15) is 0 Å². The Bertz CT molecular complexity index is 349. The van der Waals surface area contributed by atoms with Gasteiger partial charge in [-0.05, 0) is 25.0 Å². The molecule has 0 amide bonds. The summed E-state index contributed by atoms with van der Waals surface area (Å²) in [7, 11) is 1.57. The molecule has 1 aromatic rings. The van der Waals surface area contributed by atoms with Crippen LogP contribution < -0.4 is 10.1 Å². The lowest BCUT2D eigenvalue weighted by atomic mass is 9.95. The van der Waals surface area contributed by atoms with E-state index in [4.69, 9.17) is 4.74 Å². The lowest BCUT2D eigenvalue weighted by molar-refractivity contribution is 0.365. The average molecular weight is 193 g/mol. The fraction of sp³-hybridized carbons (Fsp3) is 0.455. The quantitative estimate of drug-likeness (QED) is 0.709. The normalized spacial score (nSPS) is 20.3. The molecule has 14 heavy (non-hydrogen) atoms. The van der Waals surface area contributed by atoms with E-state index in [-0.39, 0.29) is 5.75 Å². The molecule has 2 N–H and O–H groups in total. The molecule has 0 saturated heterocycles. The van der Waals surface area contributed by atoms with Crippen LogP contribution in [-0.4, -0.2) is 18.3 Å². The molecule has 3 heteroatoms. The van der Waals surface area contributed by atoms with Crippen molar-refractivity contribution in [3.63, 3.8) is 0 Å². The van der Waals surface area contributed by atoms with Crippen LogP contribution in [0.1, 0.15) is 18.1 Å². The van der Waals surface area contributed by atoms with E-state index in [1.54, 1.807) is 7.11 Å². The summed E-state index contributed by atoms with van der Waals surface area (Å²) in [5, 5.41) is 13.2. The van der Waals surface area contributed by atoms with Crippen LogP contribution in [0.25, 0.3) is 0 Å². The van der Waals surface area contributed by atoms with Crippen molar-refractivity contribution in [2.45, 2.75) is 25.9 Å². The summed E-state index contributed by atoms with van der Waals surface area (Å²) in [5.74, 6) is 0.838. The molecule has 1 aromatic carbocycles. The van der Waals surface area contributed by atoms with Gasteiger partial charge in [-0.25, -0.2) is 0 Å². The smallest absolute Gasteiger partial charge is 0.162 e. The topological polar surface area (TPSA) is 41.5 Å². The summed E-state index contributed by atoms with van der Waals surface area (Å²) in [6, 6.07) is 4.34. The van der Waals surface area contributed by atoms with Crippen LogP contribution in [0.4, 0.5) is 0 Å². The van der Waals surface area contributed by atoms with E-state index in [2.05, 4.69) is 12.2 Å². The number of methoxy groups -OCH3 is 1. The van der Waals surface area contributed by atoms with Crippen molar-refractivity contribution in [1.82, 2.24) is 5.32 Å². The summed E-state index contributed by atoms with van der Waals surface area (Å²) in [4.78, 5) is 0. The molecule has 0 radical (unpaired) electrons. The monoisotopic (exact) mass is 193 g/mol. The molecule has 0 saturated carbocycles. The van der Waals surface area contributed by atoms with E-state index in [9.17, 15) is 5.11 Å². The fourth-order valence-corrected chi connectivity index (χ4v) is 1.89. The molecule has 1 aliphatic rings. The second-order valence-corrected chi connectivity index (χ2v) is 3.74. The maximum absolute atomic E-state index is 9.86. The summed E-state index contributed by atoms with van der Waals surface area (Å²) in [6.07, 6.45) is 0.965. The minimum atomic E-state index is 0.282. The molecule has 0 aromatic heterocycles. The minimum Gasteiger partial charge on any atom is -0.504 e. The summed E-state index contributed by atoms with van der Waals surface area (Å²) < 4.78 is 5.06. The Hall–Kier alpha value is -1.22. The Labute approximate surface area is 83.7 Å². The van der Waals surface area contributed by atoms with Gasteiger partial charge in [-0.2, -0.15) is 0 Å². The van der Waals surface area contributed by atoms with Crippen molar-refractivity contribution in [2.75, 3.05) is 7.11 Å². The lowest BCUT2D eigenvalue weighted by Gasteiger charge is -2.24. The second kappa shape index (κ2) is 3.50. The van der Waals surface area contributed by atoms with E-state index in [1.807, 2.05) is 12.1 Å². The number of fused-ring (bicyclic) bond motifs is 1. The Morgan fingerprint density at radius 1 is 1.50 bits per heavy atom. The fourth-order valence-electron chi connectivity index (χ4n) is 1.89. The number of benzene rings is 1. The molecule has 1 unspecified atom stereocenters. The van der Waals surface area contributed by atoms with E-state index in [0.29, 0.717) is 11.8 Å². The molecule has 1 aliphatic heterocycles. The van der Waals surface area contributed by atoms with Crippen LogP contribution in [0.5, 0.6) is 11.5 Å². The summed E-state index contributed by atoms with van der Waals surface area (Å²) >= 11 is 0. The van der Waals surface area contributed by atoms with Crippen LogP contribution in [0.2, 0.25) is 0 Å². The summed E-state index contributed by atoms with van der Waals surface area (Å²) in [5.41, 5.74) is 2.19. The van der Waals surface area contributed by atoms with Crippen LogP contribution in [0, 0.1) is 0 Å². The molecule has 76 valence electrons. The van der Waals surface area contributed by atoms with Crippen molar-refractivity contribution in [1.29, 1.82) is 0 Å². The van der Waals surface area contributed by atoms with E-state index < -0.39 is 0 Å². The van der Waals surface area contributed by atoms with Gasteiger partial charge in [-0.15, -0.1) is 0 Å². The van der Waals surface area contributed by atoms with E-state index in [0.717, 1.165) is 18.5 Å². The summed E-state index contributed by atoms with van der Waals surface area (Å²) in [6.45, 7) is 2.86. The first-order valence-electron chi connectivity index (χ1n) is 4.83. The van der Waals surface area contributed by atoms with Crippen LogP contribution in [-0.2, 0) is 13.0 Å². The van der Waals surface area contributed by atoms with Gasteiger partial charge in [-0.3, -0.25) is 0 Å². The molecule has 1 atom stereocenters. The Kier molecular flexibility index (Phi) is 2.33. The van der Waals surface area contributed by atoms with Crippen molar-refractivity contribution in [3.05, 3.63) is 23.3 Å². The highest BCUT2D eigenvalue weighted by Crippen LogP contribution is 2.34. The number of phenolic OH excluding ortho intramolecular Hbond substituents is 1. The Morgan fingerprint density at radius 3 is 3.00 bits per heavy atom. The zero-order valence-corrected chi connectivity index (χ0v) is 8.50. The third kappa shape index (κ3) is 1.44. The third-order valence-electron chi connectivity index (χ3n) is 2.72. The number of ether oxygens (including phenoxy) is 1. The number of rotatable bonds is 1. The van der Waals surface area contributed by atoms with Gasteiger partial charge in [-0.1, -0.05) is 6.07 Å². The van der Waals surface area contributed by atoms with Crippen LogP contribution in [0.3, 0.4) is 0 Å². The zero-order valence-electron chi connectivity index (χ0n) is 8.50. The first-order chi connectivity index (χ1) is 6.72. The number of aromatic hydroxyl groups is 1. The van der Waals surface area contributed by atoms with E-state index >= 15 is 0 Å². The molecular formula is C11H15NO2. The highest BCUT2D eigenvalue weighted by atomic mass is 16.5. The highest BCUT2D eigenvalue weighted by molar-refractivity contribution is 5.50. The number of phenols is 1. The lowest BCUT2D eigenvalue weighted by Crippen LogP contribution is -2.32. The molecule has 0 bridgehead atoms. The van der Waals surface area contributed by atoms with Crippen molar-refractivity contribution in [3.8, 4) is 11.5 Å². The van der Waals surface area contributed by atoms with Crippen LogP contribution >= 0.6 is 0 Å². The van der Waals surface area contributed by atoms with Gasteiger partial charge in [0, 0.05) is 18.2 Å². The molecule has 0 fully saturated rings. The third-order valence-corrected chi connectivity index (χ3v) is 2.72. The Morgan fingerprint density at radius 2 is 2.29 bits per heavy atom. The van der Waals surface area contributed by atoms with E-state index in [1.165, 1.54) is 5.56 Å². The first kappa shape index (κ1) is 9.34. The maximum Gasteiger partial charge on any atom is 0.162 e. The predicted molar refractivity (Wildman–Crippen MR) is 54.7 cm³/mol. The van der Waals surface area contributed by atoms with Crippen molar-refractivity contribution in [2.24, 2.45) is 0 Å². The molecule has 0 spiro atoms. The average Bonchev–Trinajstić information content (AvgIpc) is 2.18. The van der Waals surface area contributed by atoms with Gasteiger partial charge in [0.15, 0.2) is 11.5 Å². The molecule has 3 nitrogen and oxygen atoms in total. The minimum absolute atomic E-state index is 0.282. The number of hydrogen-bond donors (Lipinski definition) is 2. The molecule has 2 rings (SSSR count). The zero-order chi connectivity index (χ0) is 10.1. The standard InChI is InChI=1S/C11H15NO2/c1-7-5-8-3-4-10(14-2)11(13)9(8)6-12-7/h3-4,7,12-13H,5-6H2,1-2H3. The SMILES string of the molecule is COc1ccc2c(c1O)CNC(C)C2. The van der Waals surface area contributed by atoms with Crippen molar-refractivity contribution >= 4 is 0 Å².